The summed E-state index contributed by atoms with van der Waals surface area (Å²) in [5.74, 6) is 1.01. The summed E-state index contributed by atoms with van der Waals surface area (Å²) in [7, 11) is 0. The summed E-state index contributed by atoms with van der Waals surface area (Å²) in [6.45, 7) is 6.10. The molecule has 1 N–H and O–H groups in total. The lowest BCUT2D eigenvalue weighted by atomic mass is 10.1. The van der Waals surface area contributed by atoms with Crippen molar-refractivity contribution >= 4 is 29.1 Å². The Labute approximate surface area is 159 Å². The van der Waals surface area contributed by atoms with E-state index in [-0.39, 0.29) is 12.0 Å². The molecule has 138 valence electrons. The van der Waals surface area contributed by atoms with Crippen LogP contribution in [0.1, 0.15) is 19.3 Å². The Morgan fingerprint density at radius 2 is 2.00 bits per heavy atom. The average molecular weight is 386 g/mol. The van der Waals surface area contributed by atoms with E-state index in [1.807, 2.05) is 11.0 Å². The van der Waals surface area contributed by atoms with E-state index in [0.717, 1.165) is 64.4 Å². The van der Waals surface area contributed by atoms with Crippen LogP contribution < -0.4 is 10.1 Å². The molecule has 1 amide bonds. The molecule has 1 unspecified atom stereocenters. The first-order valence-electron chi connectivity index (χ1n) is 8.94. The van der Waals surface area contributed by atoms with E-state index in [9.17, 15) is 4.79 Å². The molecular formula is C18H25Cl2N3O2. The summed E-state index contributed by atoms with van der Waals surface area (Å²) < 4.78 is 6.06. The van der Waals surface area contributed by atoms with Gasteiger partial charge in [0.1, 0.15) is 11.9 Å². The van der Waals surface area contributed by atoms with Crippen LogP contribution in [0.4, 0.5) is 0 Å². The molecule has 0 spiro atoms. The number of hydrogen-bond donors (Lipinski definition) is 1. The second-order valence-electron chi connectivity index (χ2n) is 6.64. The number of halogens is 2. The molecule has 0 aliphatic carbocycles. The minimum Gasteiger partial charge on any atom is -0.489 e. The van der Waals surface area contributed by atoms with E-state index in [1.165, 1.54) is 0 Å². The van der Waals surface area contributed by atoms with Crippen LogP contribution in [0.5, 0.6) is 5.75 Å². The number of ether oxygens (including phenoxy) is 1. The summed E-state index contributed by atoms with van der Waals surface area (Å²) in [6, 6.07) is 5.36. The molecule has 3 rings (SSSR count). The van der Waals surface area contributed by atoms with Gasteiger partial charge in [-0.05, 0) is 31.5 Å². The summed E-state index contributed by atoms with van der Waals surface area (Å²) >= 11 is 12.0. The standard InChI is InChI=1S/C18H25Cl2N3O2/c19-16-4-3-14(12-17(16)20)25-15-2-1-8-22(13-15)9-5-18(24)23-10-6-21-7-11-23/h3-4,12,15,21H,1-2,5-11,13H2. The summed E-state index contributed by atoms with van der Waals surface area (Å²) in [4.78, 5) is 16.6. The molecule has 1 atom stereocenters. The fourth-order valence-corrected chi connectivity index (χ4v) is 3.67. The van der Waals surface area contributed by atoms with Gasteiger partial charge in [0.15, 0.2) is 0 Å². The SMILES string of the molecule is O=C(CCN1CCCC(Oc2ccc(Cl)c(Cl)c2)C1)N1CCNCC1. The summed E-state index contributed by atoms with van der Waals surface area (Å²) in [5, 5.41) is 4.31. The molecule has 0 radical (unpaired) electrons. The number of nitrogens with one attached hydrogen (secondary N) is 1. The topological polar surface area (TPSA) is 44.8 Å². The molecule has 2 heterocycles. The van der Waals surface area contributed by atoms with E-state index < -0.39 is 0 Å². The van der Waals surface area contributed by atoms with Crippen molar-refractivity contribution in [3.05, 3.63) is 28.2 Å². The molecule has 2 aliphatic heterocycles. The predicted molar refractivity (Wildman–Crippen MR) is 101 cm³/mol. The molecule has 2 saturated heterocycles. The number of carbonyl (C=O) groups is 1. The van der Waals surface area contributed by atoms with Gasteiger partial charge in [-0.25, -0.2) is 0 Å². The molecule has 1 aromatic rings. The molecule has 7 heteroatoms. The highest BCUT2D eigenvalue weighted by Gasteiger charge is 2.23. The van der Waals surface area contributed by atoms with Crippen molar-refractivity contribution in [1.29, 1.82) is 0 Å². The number of hydrogen-bond acceptors (Lipinski definition) is 4. The lowest BCUT2D eigenvalue weighted by molar-refractivity contribution is -0.132. The third-order valence-electron chi connectivity index (χ3n) is 4.77. The zero-order chi connectivity index (χ0) is 17.6. The third-order valence-corrected chi connectivity index (χ3v) is 5.51. The van der Waals surface area contributed by atoms with Crippen molar-refractivity contribution in [2.75, 3.05) is 45.8 Å². The van der Waals surface area contributed by atoms with E-state index in [0.29, 0.717) is 16.5 Å². The van der Waals surface area contributed by atoms with Crippen molar-refractivity contribution in [1.82, 2.24) is 15.1 Å². The van der Waals surface area contributed by atoms with Crippen LogP contribution in [0, 0.1) is 0 Å². The van der Waals surface area contributed by atoms with Crippen LogP contribution in [-0.4, -0.2) is 67.6 Å². The summed E-state index contributed by atoms with van der Waals surface area (Å²) in [5.41, 5.74) is 0. The van der Waals surface area contributed by atoms with E-state index in [1.54, 1.807) is 12.1 Å². The smallest absolute Gasteiger partial charge is 0.223 e. The van der Waals surface area contributed by atoms with Gasteiger partial charge in [0, 0.05) is 51.8 Å². The first kappa shape index (κ1) is 18.8. The second-order valence-corrected chi connectivity index (χ2v) is 7.45. The van der Waals surface area contributed by atoms with Crippen molar-refractivity contribution < 1.29 is 9.53 Å². The fourth-order valence-electron chi connectivity index (χ4n) is 3.38. The minimum atomic E-state index is 0.125. The van der Waals surface area contributed by atoms with Gasteiger partial charge in [-0.1, -0.05) is 23.2 Å². The van der Waals surface area contributed by atoms with Crippen molar-refractivity contribution in [3.63, 3.8) is 0 Å². The van der Waals surface area contributed by atoms with E-state index in [4.69, 9.17) is 27.9 Å². The van der Waals surface area contributed by atoms with Crippen molar-refractivity contribution in [2.24, 2.45) is 0 Å². The largest absolute Gasteiger partial charge is 0.489 e. The van der Waals surface area contributed by atoms with Crippen LogP contribution in [-0.2, 0) is 4.79 Å². The van der Waals surface area contributed by atoms with Gasteiger partial charge in [0.2, 0.25) is 5.91 Å². The third kappa shape index (κ3) is 5.48. The van der Waals surface area contributed by atoms with Gasteiger partial charge in [-0.3, -0.25) is 9.69 Å². The van der Waals surface area contributed by atoms with Gasteiger partial charge < -0.3 is 15.0 Å². The molecule has 2 aliphatic rings. The highest BCUT2D eigenvalue weighted by molar-refractivity contribution is 6.42. The number of carbonyl (C=O) groups excluding carboxylic acids is 1. The number of likely N-dealkylation sites (tertiary alicyclic amines) is 1. The maximum Gasteiger partial charge on any atom is 0.223 e. The molecule has 25 heavy (non-hydrogen) atoms. The highest BCUT2D eigenvalue weighted by Crippen LogP contribution is 2.28. The average Bonchev–Trinajstić information content (AvgIpc) is 2.64. The van der Waals surface area contributed by atoms with Crippen LogP contribution in [0.25, 0.3) is 0 Å². The lowest BCUT2D eigenvalue weighted by Gasteiger charge is -2.33. The zero-order valence-electron chi connectivity index (χ0n) is 14.3. The number of piperidine rings is 1. The molecule has 5 nitrogen and oxygen atoms in total. The fraction of sp³-hybridized carbons (Fsp3) is 0.611. The molecule has 0 aromatic heterocycles. The number of benzene rings is 1. The molecule has 1 aromatic carbocycles. The Balaban J connectivity index is 1.45. The minimum absolute atomic E-state index is 0.125. The monoisotopic (exact) mass is 385 g/mol. The Morgan fingerprint density at radius 3 is 2.76 bits per heavy atom. The second kappa shape index (κ2) is 9.08. The molecule has 0 saturated carbocycles. The maximum atomic E-state index is 12.3. The Bertz CT molecular complexity index is 594. The Morgan fingerprint density at radius 1 is 1.20 bits per heavy atom. The first-order chi connectivity index (χ1) is 12.1. The van der Waals surface area contributed by atoms with Crippen molar-refractivity contribution in [2.45, 2.75) is 25.4 Å². The molecule has 0 bridgehead atoms. The lowest BCUT2D eigenvalue weighted by Crippen LogP contribution is -2.48. The van der Waals surface area contributed by atoms with Crippen LogP contribution in [0.3, 0.4) is 0 Å². The quantitative estimate of drug-likeness (QED) is 0.845. The number of piperazine rings is 1. The maximum absolute atomic E-state index is 12.3. The van der Waals surface area contributed by atoms with Crippen LogP contribution >= 0.6 is 23.2 Å². The Hall–Kier alpha value is -1.01. The van der Waals surface area contributed by atoms with Crippen LogP contribution in [0.2, 0.25) is 10.0 Å². The predicted octanol–water partition coefficient (Wildman–Crippen LogP) is 2.66. The normalized spacial score (nSPS) is 22.0. The summed E-state index contributed by atoms with van der Waals surface area (Å²) in [6.07, 6.45) is 2.80. The van der Waals surface area contributed by atoms with Gasteiger partial charge in [0.25, 0.3) is 0 Å². The van der Waals surface area contributed by atoms with E-state index >= 15 is 0 Å². The van der Waals surface area contributed by atoms with Gasteiger partial charge in [0.05, 0.1) is 10.0 Å². The van der Waals surface area contributed by atoms with E-state index in [2.05, 4.69) is 10.2 Å². The molecule has 2 fully saturated rings. The number of rotatable bonds is 5. The Kier molecular flexibility index (Phi) is 6.82. The number of nitrogens with zero attached hydrogens (tertiary/aromatic N) is 2. The number of amides is 1. The van der Waals surface area contributed by atoms with Crippen LogP contribution in [0.15, 0.2) is 18.2 Å². The van der Waals surface area contributed by atoms with Gasteiger partial charge in [-0.15, -0.1) is 0 Å². The zero-order valence-corrected chi connectivity index (χ0v) is 15.9. The molecular weight excluding hydrogens is 361 g/mol. The van der Waals surface area contributed by atoms with Gasteiger partial charge >= 0.3 is 0 Å². The first-order valence-corrected chi connectivity index (χ1v) is 9.70. The highest BCUT2D eigenvalue weighted by atomic mass is 35.5. The van der Waals surface area contributed by atoms with Crippen molar-refractivity contribution in [3.8, 4) is 5.75 Å². The van der Waals surface area contributed by atoms with Gasteiger partial charge in [-0.2, -0.15) is 0 Å².